The summed E-state index contributed by atoms with van der Waals surface area (Å²) in [6, 6.07) is 4.96. The summed E-state index contributed by atoms with van der Waals surface area (Å²) in [5.74, 6) is -0.578. The van der Waals surface area contributed by atoms with Crippen molar-refractivity contribution in [3.05, 3.63) is 40.9 Å². The number of esters is 1. The van der Waals surface area contributed by atoms with Gasteiger partial charge in [-0.05, 0) is 30.7 Å². The summed E-state index contributed by atoms with van der Waals surface area (Å²) in [4.78, 5) is 38.5. The van der Waals surface area contributed by atoms with Crippen molar-refractivity contribution in [2.45, 2.75) is 13.3 Å². The Morgan fingerprint density at radius 1 is 1.28 bits per heavy atom. The van der Waals surface area contributed by atoms with Crippen LogP contribution < -0.4 is 20.5 Å². The minimum Gasteiger partial charge on any atom is -0.493 e. The Hall–Kier alpha value is -3.40. The highest BCUT2D eigenvalue weighted by molar-refractivity contribution is 7.14. The Balaban J connectivity index is 1.95. The molecule has 0 saturated carbocycles. The molecule has 2 aromatic rings. The zero-order valence-corrected chi connectivity index (χ0v) is 16.8. The van der Waals surface area contributed by atoms with Gasteiger partial charge in [-0.25, -0.2) is 4.98 Å². The lowest BCUT2D eigenvalue weighted by molar-refractivity contribution is -0.142. The number of carbonyl (C=O) groups is 3. The van der Waals surface area contributed by atoms with Gasteiger partial charge in [0.25, 0.3) is 5.91 Å². The minimum atomic E-state index is -0.597. The number of hydrogen-bond acceptors (Lipinski definition) is 8. The molecule has 0 aliphatic rings. The molecule has 0 spiro atoms. The number of aromatic nitrogens is 1. The molecule has 0 saturated heterocycles. The van der Waals surface area contributed by atoms with E-state index in [4.69, 9.17) is 19.9 Å². The van der Waals surface area contributed by atoms with Crippen LogP contribution in [0.1, 0.15) is 18.2 Å². The number of primary amides is 1. The molecule has 0 aliphatic carbocycles. The van der Waals surface area contributed by atoms with Crippen molar-refractivity contribution in [2.24, 2.45) is 5.73 Å². The second-order valence-electron chi connectivity index (χ2n) is 5.61. The largest absolute Gasteiger partial charge is 0.493 e. The van der Waals surface area contributed by atoms with Gasteiger partial charge in [0.2, 0.25) is 5.91 Å². The van der Waals surface area contributed by atoms with Crippen LogP contribution in [0.15, 0.2) is 29.7 Å². The minimum absolute atomic E-state index is 0.0556. The van der Waals surface area contributed by atoms with E-state index >= 15 is 0 Å². The summed E-state index contributed by atoms with van der Waals surface area (Å²) < 4.78 is 15.3. The highest BCUT2D eigenvalue weighted by atomic mass is 32.1. The van der Waals surface area contributed by atoms with Gasteiger partial charge in [-0.3, -0.25) is 19.7 Å². The number of benzene rings is 1. The third kappa shape index (κ3) is 7.26. The molecular formula is C19H21N3O6S. The van der Waals surface area contributed by atoms with Gasteiger partial charge in [0, 0.05) is 11.5 Å². The molecule has 9 nitrogen and oxygen atoms in total. The summed E-state index contributed by atoms with van der Waals surface area (Å²) in [6.07, 6.45) is 2.98. The smallest absolute Gasteiger partial charge is 0.311 e. The summed E-state index contributed by atoms with van der Waals surface area (Å²) in [6.45, 7) is 1.77. The molecule has 0 atom stereocenters. The quantitative estimate of drug-likeness (QED) is 0.443. The first kappa shape index (κ1) is 21.9. The van der Waals surface area contributed by atoms with E-state index in [1.54, 1.807) is 36.6 Å². The maximum atomic E-state index is 12.1. The third-order valence-electron chi connectivity index (χ3n) is 3.40. The van der Waals surface area contributed by atoms with Crippen LogP contribution in [0.2, 0.25) is 0 Å². The van der Waals surface area contributed by atoms with Crippen molar-refractivity contribution in [1.82, 2.24) is 4.98 Å². The molecule has 1 aromatic carbocycles. The number of nitrogens with two attached hydrogens (primary N) is 1. The Kier molecular flexibility index (Phi) is 8.16. The van der Waals surface area contributed by atoms with Gasteiger partial charge in [0.1, 0.15) is 0 Å². The van der Waals surface area contributed by atoms with Gasteiger partial charge in [0.15, 0.2) is 23.2 Å². The standard InChI is InChI=1S/C19H21N3O6S/c1-3-27-18(25)9-13-11-29-19(21-13)22-17(24)7-5-12-4-6-14(15(8-12)26-2)28-10-16(20)23/h4-8,11H,3,9-10H2,1-2H3,(H2,20,23)(H,21,22,24)/b7-5+. The van der Waals surface area contributed by atoms with Crippen molar-refractivity contribution in [3.8, 4) is 11.5 Å². The molecule has 0 radical (unpaired) electrons. The van der Waals surface area contributed by atoms with Crippen molar-refractivity contribution in [2.75, 3.05) is 25.6 Å². The zero-order valence-electron chi connectivity index (χ0n) is 16.0. The Labute approximate surface area is 171 Å². The SMILES string of the molecule is CCOC(=O)Cc1csc(NC(=O)/C=C/c2ccc(OCC(N)=O)c(OC)c2)n1. The number of carbonyl (C=O) groups excluding carboxylic acids is 3. The van der Waals surface area contributed by atoms with Gasteiger partial charge in [0.05, 0.1) is 25.8 Å². The van der Waals surface area contributed by atoms with Crippen LogP contribution in [0.25, 0.3) is 6.08 Å². The van der Waals surface area contributed by atoms with Crippen LogP contribution in [-0.2, 0) is 25.5 Å². The molecule has 1 heterocycles. The molecule has 0 bridgehead atoms. The van der Waals surface area contributed by atoms with Gasteiger partial charge in [-0.2, -0.15) is 0 Å². The van der Waals surface area contributed by atoms with Gasteiger partial charge >= 0.3 is 5.97 Å². The first-order valence-corrected chi connectivity index (χ1v) is 9.47. The Bertz CT molecular complexity index is 909. The van der Waals surface area contributed by atoms with E-state index in [1.807, 2.05) is 0 Å². The molecule has 0 unspecified atom stereocenters. The fraction of sp³-hybridized carbons (Fsp3) is 0.263. The summed E-state index contributed by atoms with van der Waals surface area (Å²) >= 11 is 1.22. The van der Waals surface area contributed by atoms with Crippen LogP contribution in [0.3, 0.4) is 0 Å². The Morgan fingerprint density at radius 2 is 2.07 bits per heavy atom. The lowest BCUT2D eigenvalue weighted by atomic mass is 10.2. The van der Waals surface area contributed by atoms with E-state index in [2.05, 4.69) is 10.3 Å². The molecule has 154 valence electrons. The number of ether oxygens (including phenoxy) is 3. The molecule has 0 aliphatic heterocycles. The molecule has 29 heavy (non-hydrogen) atoms. The summed E-state index contributed by atoms with van der Waals surface area (Å²) in [7, 11) is 1.46. The predicted octanol–water partition coefficient (Wildman–Crippen LogP) is 1.77. The lowest BCUT2D eigenvalue weighted by Gasteiger charge is -2.09. The van der Waals surface area contributed by atoms with Crippen LogP contribution in [0.4, 0.5) is 5.13 Å². The van der Waals surface area contributed by atoms with Crippen molar-refractivity contribution in [1.29, 1.82) is 0 Å². The number of amides is 2. The number of anilines is 1. The van der Waals surface area contributed by atoms with E-state index in [1.165, 1.54) is 24.5 Å². The fourth-order valence-corrected chi connectivity index (χ4v) is 2.89. The van der Waals surface area contributed by atoms with Crippen molar-refractivity contribution < 1.29 is 28.6 Å². The molecule has 10 heteroatoms. The second kappa shape index (κ2) is 10.8. The van der Waals surface area contributed by atoms with E-state index in [9.17, 15) is 14.4 Å². The number of nitrogens with one attached hydrogen (secondary N) is 1. The van der Waals surface area contributed by atoms with Crippen molar-refractivity contribution in [3.63, 3.8) is 0 Å². The fourth-order valence-electron chi connectivity index (χ4n) is 2.18. The first-order chi connectivity index (χ1) is 13.9. The molecule has 0 fully saturated rings. The second-order valence-corrected chi connectivity index (χ2v) is 6.47. The zero-order chi connectivity index (χ0) is 21.2. The van der Waals surface area contributed by atoms with Gasteiger partial charge in [-0.15, -0.1) is 11.3 Å². The van der Waals surface area contributed by atoms with Crippen LogP contribution >= 0.6 is 11.3 Å². The van der Waals surface area contributed by atoms with Gasteiger partial charge in [-0.1, -0.05) is 6.07 Å². The highest BCUT2D eigenvalue weighted by Gasteiger charge is 2.10. The molecule has 2 amide bonds. The average Bonchev–Trinajstić information content (AvgIpc) is 3.11. The monoisotopic (exact) mass is 419 g/mol. The lowest BCUT2D eigenvalue weighted by Crippen LogP contribution is -2.20. The van der Waals surface area contributed by atoms with Crippen molar-refractivity contribution >= 4 is 40.3 Å². The normalized spacial score (nSPS) is 10.6. The van der Waals surface area contributed by atoms with E-state index in [-0.39, 0.29) is 24.9 Å². The van der Waals surface area contributed by atoms with Crippen LogP contribution in [0.5, 0.6) is 11.5 Å². The summed E-state index contributed by atoms with van der Waals surface area (Å²) in [5.41, 5.74) is 6.27. The van der Waals surface area contributed by atoms with E-state index < -0.39 is 5.91 Å². The Morgan fingerprint density at radius 3 is 2.76 bits per heavy atom. The molecular weight excluding hydrogens is 398 g/mol. The van der Waals surface area contributed by atoms with Crippen LogP contribution in [-0.4, -0.2) is 43.1 Å². The van der Waals surface area contributed by atoms with Gasteiger partial charge < -0.3 is 19.9 Å². The van der Waals surface area contributed by atoms with Crippen LogP contribution in [0, 0.1) is 0 Å². The topological polar surface area (TPSA) is 130 Å². The maximum Gasteiger partial charge on any atom is 0.311 e. The number of thiazole rings is 1. The number of rotatable bonds is 10. The number of hydrogen-bond donors (Lipinski definition) is 2. The number of methoxy groups -OCH3 is 1. The highest BCUT2D eigenvalue weighted by Crippen LogP contribution is 2.28. The average molecular weight is 419 g/mol. The molecule has 1 aromatic heterocycles. The van der Waals surface area contributed by atoms with E-state index in [0.29, 0.717) is 34.5 Å². The third-order valence-corrected chi connectivity index (χ3v) is 4.20. The van der Waals surface area contributed by atoms with E-state index in [0.717, 1.165) is 0 Å². The maximum absolute atomic E-state index is 12.1. The predicted molar refractivity (Wildman–Crippen MR) is 108 cm³/mol. The molecule has 2 rings (SSSR count). The summed E-state index contributed by atoms with van der Waals surface area (Å²) in [5, 5.41) is 4.70. The molecule has 3 N–H and O–H groups in total. The number of nitrogens with zero attached hydrogens (tertiary/aromatic N) is 1. The first-order valence-electron chi connectivity index (χ1n) is 8.59.